The van der Waals surface area contributed by atoms with Crippen molar-refractivity contribution in [3.63, 3.8) is 0 Å². The number of aromatic nitrogens is 1. The van der Waals surface area contributed by atoms with Crippen LogP contribution in [0.15, 0.2) is 30.5 Å². The molecular formula is C14H20N2O. The van der Waals surface area contributed by atoms with Gasteiger partial charge < -0.3 is 15.0 Å². The van der Waals surface area contributed by atoms with Crippen LogP contribution in [0.3, 0.4) is 0 Å². The van der Waals surface area contributed by atoms with Gasteiger partial charge in [0.2, 0.25) is 0 Å². The smallest absolute Gasteiger partial charge is 0.0555 e. The lowest BCUT2D eigenvalue weighted by molar-refractivity contribution is 0.293. The van der Waals surface area contributed by atoms with Gasteiger partial charge in [-0.05, 0) is 31.5 Å². The first-order valence-corrected chi connectivity index (χ1v) is 6.25. The van der Waals surface area contributed by atoms with Crippen LogP contribution in [-0.4, -0.2) is 29.4 Å². The number of benzene rings is 1. The largest absolute Gasteiger partial charge is 0.395 e. The number of aryl methyl sites for hydroxylation is 1. The lowest BCUT2D eigenvalue weighted by Gasteiger charge is -2.01. The molecule has 0 unspecified atom stereocenters. The van der Waals surface area contributed by atoms with Gasteiger partial charge in [0.05, 0.1) is 6.61 Å². The van der Waals surface area contributed by atoms with Gasteiger partial charge in [-0.3, -0.25) is 0 Å². The first-order chi connectivity index (χ1) is 8.36. The summed E-state index contributed by atoms with van der Waals surface area (Å²) in [6, 6.07) is 8.53. The summed E-state index contributed by atoms with van der Waals surface area (Å²) < 4.78 is 2.29. The van der Waals surface area contributed by atoms with E-state index in [4.69, 9.17) is 5.11 Å². The summed E-state index contributed by atoms with van der Waals surface area (Å²) in [7, 11) is 0. The summed E-state index contributed by atoms with van der Waals surface area (Å²) in [6.07, 6.45) is 3.25. The molecule has 0 aliphatic heterocycles. The third-order valence-electron chi connectivity index (χ3n) is 3.07. The van der Waals surface area contributed by atoms with Crippen LogP contribution in [0.5, 0.6) is 0 Å². The van der Waals surface area contributed by atoms with Gasteiger partial charge >= 0.3 is 0 Å². The fraction of sp³-hybridized carbons (Fsp3) is 0.429. The predicted molar refractivity (Wildman–Crippen MR) is 71.3 cm³/mol. The molecule has 0 amide bonds. The molecule has 0 spiro atoms. The number of nitrogens with zero attached hydrogens (tertiary/aromatic N) is 1. The van der Waals surface area contributed by atoms with Crippen LogP contribution < -0.4 is 5.32 Å². The maximum atomic E-state index is 8.71. The van der Waals surface area contributed by atoms with Gasteiger partial charge in [0.25, 0.3) is 0 Å². The summed E-state index contributed by atoms with van der Waals surface area (Å²) in [4.78, 5) is 0. The predicted octanol–water partition coefficient (Wildman–Crippen LogP) is 1.79. The molecule has 0 aliphatic rings. The highest BCUT2D eigenvalue weighted by Gasteiger charge is 2.06. The van der Waals surface area contributed by atoms with Gasteiger partial charge in [0, 0.05) is 30.2 Å². The summed E-state index contributed by atoms with van der Waals surface area (Å²) in [5.74, 6) is 0. The Hall–Kier alpha value is -1.32. The molecule has 2 aromatic rings. The molecule has 0 saturated carbocycles. The van der Waals surface area contributed by atoms with Gasteiger partial charge in [-0.15, -0.1) is 0 Å². The number of aliphatic hydroxyl groups is 1. The normalized spacial score (nSPS) is 11.2. The second-order valence-electron chi connectivity index (χ2n) is 4.18. The van der Waals surface area contributed by atoms with Crippen molar-refractivity contribution >= 4 is 10.9 Å². The van der Waals surface area contributed by atoms with E-state index in [0.29, 0.717) is 6.54 Å². The second-order valence-corrected chi connectivity index (χ2v) is 4.18. The van der Waals surface area contributed by atoms with Crippen LogP contribution in [0.4, 0.5) is 0 Å². The Balaban J connectivity index is 2.16. The third kappa shape index (κ3) is 2.68. The second kappa shape index (κ2) is 5.84. The number of para-hydroxylation sites is 1. The highest BCUT2D eigenvalue weighted by Crippen LogP contribution is 2.21. The van der Waals surface area contributed by atoms with E-state index in [1.165, 1.54) is 16.5 Å². The maximum Gasteiger partial charge on any atom is 0.0555 e. The molecule has 1 aromatic carbocycles. The number of nitrogens with one attached hydrogen (secondary N) is 1. The summed E-state index contributed by atoms with van der Waals surface area (Å²) >= 11 is 0. The first kappa shape index (κ1) is 12.1. The molecule has 0 atom stereocenters. The maximum absolute atomic E-state index is 8.71. The minimum Gasteiger partial charge on any atom is -0.395 e. The number of fused-ring (bicyclic) bond motifs is 1. The lowest BCUT2D eigenvalue weighted by atomic mass is 10.1. The van der Waals surface area contributed by atoms with Crippen molar-refractivity contribution in [3.05, 3.63) is 36.0 Å². The van der Waals surface area contributed by atoms with E-state index in [-0.39, 0.29) is 6.61 Å². The molecule has 0 radical (unpaired) electrons. The zero-order valence-electron chi connectivity index (χ0n) is 10.3. The van der Waals surface area contributed by atoms with Crippen LogP contribution >= 0.6 is 0 Å². The van der Waals surface area contributed by atoms with E-state index in [2.05, 4.69) is 47.3 Å². The van der Waals surface area contributed by atoms with Gasteiger partial charge in [0.1, 0.15) is 0 Å². The van der Waals surface area contributed by atoms with E-state index in [0.717, 1.165) is 19.5 Å². The topological polar surface area (TPSA) is 37.2 Å². The highest BCUT2D eigenvalue weighted by atomic mass is 16.3. The Labute approximate surface area is 102 Å². The van der Waals surface area contributed by atoms with Crippen LogP contribution in [0.25, 0.3) is 10.9 Å². The minimum atomic E-state index is 0.205. The number of hydrogen-bond donors (Lipinski definition) is 2. The molecule has 1 aromatic heterocycles. The quantitative estimate of drug-likeness (QED) is 0.745. The van der Waals surface area contributed by atoms with Crippen molar-refractivity contribution in [3.8, 4) is 0 Å². The molecule has 0 bridgehead atoms. The van der Waals surface area contributed by atoms with E-state index in [1.54, 1.807) is 0 Å². The number of rotatable bonds is 6. The summed E-state index contributed by atoms with van der Waals surface area (Å²) in [5, 5.41) is 13.3. The lowest BCUT2D eigenvalue weighted by Crippen LogP contribution is -2.20. The fourth-order valence-corrected chi connectivity index (χ4v) is 2.21. The molecule has 0 fully saturated rings. The molecule has 92 valence electrons. The molecule has 17 heavy (non-hydrogen) atoms. The molecular weight excluding hydrogens is 212 g/mol. The third-order valence-corrected chi connectivity index (χ3v) is 3.07. The fourth-order valence-electron chi connectivity index (χ4n) is 2.21. The van der Waals surface area contributed by atoms with Crippen molar-refractivity contribution in [1.82, 2.24) is 9.88 Å². The van der Waals surface area contributed by atoms with Gasteiger partial charge in [-0.25, -0.2) is 0 Å². The van der Waals surface area contributed by atoms with Crippen molar-refractivity contribution in [2.24, 2.45) is 0 Å². The minimum absolute atomic E-state index is 0.205. The van der Waals surface area contributed by atoms with E-state index >= 15 is 0 Å². The Morgan fingerprint density at radius 1 is 1.24 bits per heavy atom. The molecule has 0 aliphatic carbocycles. The molecule has 2 rings (SSSR count). The van der Waals surface area contributed by atoms with Crippen LogP contribution in [0.1, 0.15) is 12.5 Å². The average molecular weight is 232 g/mol. The van der Waals surface area contributed by atoms with E-state index in [9.17, 15) is 0 Å². The Morgan fingerprint density at radius 3 is 2.82 bits per heavy atom. The first-order valence-electron chi connectivity index (χ1n) is 6.25. The zero-order chi connectivity index (χ0) is 12.1. The van der Waals surface area contributed by atoms with Gasteiger partial charge in [0.15, 0.2) is 0 Å². The number of aliphatic hydroxyl groups excluding tert-OH is 1. The Kier molecular flexibility index (Phi) is 4.18. The van der Waals surface area contributed by atoms with Crippen LogP contribution in [0, 0.1) is 0 Å². The molecule has 1 heterocycles. The van der Waals surface area contributed by atoms with Crippen LogP contribution in [0.2, 0.25) is 0 Å². The van der Waals surface area contributed by atoms with Crippen molar-refractivity contribution in [2.75, 3.05) is 19.7 Å². The summed E-state index contributed by atoms with van der Waals surface area (Å²) in [6.45, 7) is 4.96. The highest BCUT2D eigenvalue weighted by molar-refractivity contribution is 5.83. The Bertz CT molecular complexity index is 476. The number of hydrogen-bond acceptors (Lipinski definition) is 2. The molecule has 3 heteroatoms. The molecule has 3 nitrogen and oxygen atoms in total. The standard InChI is InChI=1S/C14H20N2O/c1-2-16-11-12(7-8-15-9-10-17)13-5-3-4-6-14(13)16/h3-6,11,15,17H,2,7-10H2,1H3. The van der Waals surface area contributed by atoms with Gasteiger partial charge in [-0.1, -0.05) is 18.2 Å². The van der Waals surface area contributed by atoms with Crippen molar-refractivity contribution in [1.29, 1.82) is 0 Å². The van der Waals surface area contributed by atoms with E-state index < -0.39 is 0 Å². The molecule has 0 saturated heterocycles. The Morgan fingerprint density at radius 2 is 2.06 bits per heavy atom. The average Bonchev–Trinajstić information content (AvgIpc) is 2.73. The van der Waals surface area contributed by atoms with E-state index in [1.807, 2.05) is 0 Å². The zero-order valence-corrected chi connectivity index (χ0v) is 10.3. The van der Waals surface area contributed by atoms with Crippen molar-refractivity contribution in [2.45, 2.75) is 19.9 Å². The SMILES string of the molecule is CCn1cc(CCNCCO)c2ccccc21. The molecule has 2 N–H and O–H groups in total. The summed E-state index contributed by atoms with van der Waals surface area (Å²) in [5.41, 5.74) is 2.69. The van der Waals surface area contributed by atoms with Crippen LogP contribution in [-0.2, 0) is 13.0 Å². The monoisotopic (exact) mass is 232 g/mol. The van der Waals surface area contributed by atoms with Crippen molar-refractivity contribution < 1.29 is 5.11 Å². The van der Waals surface area contributed by atoms with Gasteiger partial charge in [-0.2, -0.15) is 0 Å².